The molecular weight excluding hydrogens is 374 g/mol. The number of rotatable bonds is 5. The molecule has 0 atom stereocenters. The van der Waals surface area contributed by atoms with Crippen molar-refractivity contribution in [2.24, 2.45) is 0 Å². The number of benzene rings is 2. The van der Waals surface area contributed by atoms with Crippen LogP contribution in [0.2, 0.25) is 0 Å². The summed E-state index contributed by atoms with van der Waals surface area (Å²) in [5, 5.41) is 14.6. The molecule has 0 saturated carbocycles. The Hall–Kier alpha value is -3.37. The molecule has 0 saturated heterocycles. The van der Waals surface area contributed by atoms with E-state index in [-0.39, 0.29) is 12.5 Å². The molecule has 1 N–H and O–H groups in total. The lowest BCUT2D eigenvalue weighted by Crippen LogP contribution is -2.21. The summed E-state index contributed by atoms with van der Waals surface area (Å²) >= 11 is 1.10. The number of carbonyl (C=O) groups is 2. The first-order valence-electron chi connectivity index (χ1n) is 8.57. The fourth-order valence-electron chi connectivity index (χ4n) is 2.71. The van der Waals surface area contributed by atoms with Gasteiger partial charge in [-0.25, -0.2) is 0 Å². The smallest absolute Gasteiger partial charge is 0.263 e. The number of nitrogens with zero attached hydrogens (tertiary/aromatic N) is 2. The minimum absolute atomic E-state index is 0.197. The Morgan fingerprint density at radius 2 is 1.89 bits per heavy atom. The Bertz CT molecular complexity index is 1100. The monoisotopic (exact) mass is 393 g/mol. The molecule has 1 heterocycles. The summed E-state index contributed by atoms with van der Waals surface area (Å²) in [5.74, 6) is -0.0122. The number of nitriles is 1. The molecule has 0 spiro atoms. The number of ether oxygens (including phenoxy) is 1. The van der Waals surface area contributed by atoms with E-state index in [9.17, 15) is 14.9 Å². The maximum atomic E-state index is 12.3. The third-order valence-electron chi connectivity index (χ3n) is 4.20. The molecule has 7 heteroatoms. The second kappa shape index (κ2) is 8.11. The molecule has 0 fully saturated rings. The minimum Gasteiger partial charge on any atom is -0.484 e. The zero-order valence-electron chi connectivity index (χ0n) is 15.8. The van der Waals surface area contributed by atoms with Crippen molar-refractivity contribution >= 4 is 38.9 Å². The summed E-state index contributed by atoms with van der Waals surface area (Å²) in [4.78, 5) is 26.4. The molecule has 0 aliphatic carbocycles. The van der Waals surface area contributed by atoms with Crippen molar-refractivity contribution in [2.75, 3.05) is 26.0 Å². The van der Waals surface area contributed by atoms with E-state index in [4.69, 9.17) is 4.74 Å². The lowest BCUT2D eigenvalue weighted by molar-refractivity contribution is -0.118. The minimum atomic E-state index is -0.394. The van der Waals surface area contributed by atoms with E-state index in [1.807, 2.05) is 36.4 Å². The first-order chi connectivity index (χ1) is 13.4. The number of amides is 2. The van der Waals surface area contributed by atoms with E-state index in [1.54, 1.807) is 27.1 Å². The summed E-state index contributed by atoms with van der Waals surface area (Å²) in [5.41, 5.74) is 0.867. The van der Waals surface area contributed by atoms with Gasteiger partial charge in [0.2, 0.25) is 0 Å². The normalized spacial score (nSPS) is 10.4. The van der Waals surface area contributed by atoms with Gasteiger partial charge in [0.1, 0.15) is 16.8 Å². The standard InChI is InChI=1S/C21H19N3O3S/c1-13-17(11-22)20(28-19(13)21(26)24(2)3)23-18(25)12-27-16-9-8-14-6-4-5-7-15(14)10-16/h4-10H,12H2,1-3H3,(H,23,25). The molecule has 6 nitrogen and oxygen atoms in total. The predicted octanol–water partition coefficient (Wildman–Crippen LogP) is 3.80. The lowest BCUT2D eigenvalue weighted by atomic mass is 10.1. The topological polar surface area (TPSA) is 82.4 Å². The molecule has 28 heavy (non-hydrogen) atoms. The van der Waals surface area contributed by atoms with Crippen molar-refractivity contribution in [3.63, 3.8) is 0 Å². The highest BCUT2D eigenvalue weighted by atomic mass is 32.1. The van der Waals surface area contributed by atoms with E-state index in [0.29, 0.717) is 26.8 Å². The fraction of sp³-hybridized carbons (Fsp3) is 0.190. The Kier molecular flexibility index (Phi) is 5.62. The zero-order valence-corrected chi connectivity index (χ0v) is 16.6. The lowest BCUT2D eigenvalue weighted by Gasteiger charge is -2.08. The van der Waals surface area contributed by atoms with Gasteiger partial charge in [-0.1, -0.05) is 30.3 Å². The van der Waals surface area contributed by atoms with E-state index in [0.717, 1.165) is 22.1 Å². The van der Waals surface area contributed by atoms with Crippen molar-refractivity contribution in [3.8, 4) is 11.8 Å². The Morgan fingerprint density at radius 3 is 2.57 bits per heavy atom. The van der Waals surface area contributed by atoms with Gasteiger partial charge in [0.05, 0.1) is 10.4 Å². The van der Waals surface area contributed by atoms with Crippen LogP contribution in [0.5, 0.6) is 5.75 Å². The van der Waals surface area contributed by atoms with Crippen molar-refractivity contribution in [1.29, 1.82) is 5.26 Å². The van der Waals surface area contributed by atoms with E-state index >= 15 is 0 Å². The van der Waals surface area contributed by atoms with Crippen LogP contribution in [-0.4, -0.2) is 37.4 Å². The number of hydrogen-bond acceptors (Lipinski definition) is 5. The molecule has 1 aromatic heterocycles. The summed E-state index contributed by atoms with van der Waals surface area (Å²) in [6, 6.07) is 15.5. The average Bonchev–Trinajstić information content (AvgIpc) is 3.00. The maximum Gasteiger partial charge on any atom is 0.263 e. The van der Waals surface area contributed by atoms with E-state index < -0.39 is 5.91 Å². The number of nitrogens with one attached hydrogen (secondary N) is 1. The van der Waals surface area contributed by atoms with Crippen LogP contribution in [0.1, 0.15) is 20.8 Å². The number of thiophene rings is 1. The fourth-order valence-corrected chi connectivity index (χ4v) is 3.91. The van der Waals surface area contributed by atoms with Crippen molar-refractivity contribution in [2.45, 2.75) is 6.92 Å². The van der Waals surface area contributed by atoms with E-state index in [2.05, 4.69) is 11.4 Å². The summed E-state index contributed by atoms with van der Waals surface area (Å²) in [7, 11) is 3.28. The first kappa shape index (κ1) is 19.4. The van der Waals surface area contributed by atoms with Gasteiger partial charge in [0, 0.05) is 14.1 Å². The maximum absolute atomic E-state index is 12.3. The van der Waals surface area contributed by atoms with Crippen molar-refractivity contribution in [3.05, 3.63) is 58.5 Å². The van der Waals surface area contributed by atoms with Crippen LogP contribution in [-0.2, 0) is 4.79 Å². The molecule has 3 rings (SSSR count). The highest BCUT2D eigenvalue weighted by molar-refractivity contribution is 7.18. The molecule has 142 valence electrons. The van der Waals surface area contributed by atoms with Gasteiger partial charge in [-0.3, -0.25) is 9.59 Å². The van der Waals surface area contributed by atoms with Gasteiger partial charge < -0.3 is 15.0 Å². The highest BCUT2D eigenvalue weighted by Crippen LogP contribution is 2.33. The number of carbonyl (C=O) groups excluding carboxylic acids is 2. The Morgan fingerprint density at radius 1 is 1.18 bits per heavy atom. The third kappa shape index (κ3) is 3.97. The predicted molar refractivity (Wildman–Crippen MR) is 110 cm³/mol. The average molecular weight is 393 g/mol. The van der Waals surface area contributed by atoms with Gasteiger partial charge >= 0.3 is 0 Å². The molecule has 3 aromatic rings. The zero-order chi connectivity index (χ0) is 20.3. The molecule has 2 aromatic carbocycles. The van der Waals surface area contributed by atoms with Crippen molar-refractivity contribution in [1.82, 2.24) is 4.90 Å². The van der Waals surface area contributed by atoms with Gasteiger partial charge in [0.15, 0.2) is 6.61 Å². The van der Waals surface area contributed by atoms with Gasteiger partial charge in [-0.05, 0) is 35.4 Å². The Balaban J connectivity index is 1.71. The third-order valence-corrected chi connectivity index (χ3v) is 5.40. The molecule has 0 aliphatic heterocycles. The summed E-state index contributed by atoms with van der Waals surface area (Å²) in [6.45, 7) is 1.50. The Labute approximate surface area is 167 Å². The second-order valence-electron chi connectivity index (χ2n) is 6.42. The molecule has 0 aliphatic rings. The molecule has 0 bridgehead atoms. The van der Waals surface area contributed by atoms with Gasteiger partial charge in [-0.2, -0.15) is 5.26 Å². The summed E-state index contributed by atoms with van der Waals surface area (Å²) in [6.07, 6.45) is 0. The number of hydrogen-bond donors (Lipinski definition) is 1. The highest BCUT2D eigenvalue weighted by Gasteiger charge is 2.22. The van der Waals surface area contributed by atoms with Crippen LogP contribution < -0.4 is 10.1 Å². The molecule has 0 radical (unpaired) electrons. The number of fused-ring (bicyclic) bond motifs is 1. The summed E-state index contributed by atoms with van der Waals surface area (Å²) < 4.78 is 5.58. The van der Waals surface area contributed by atoms with Crippen LogP contribution in [0.15, 0.2) is 42.5 Å². The van der Waals surface area contributed by atoms with Crippen LogP contribution in [0.4, 0.5) is 5.00 Å². The van der Waals surface area contributed by atoms with Gasteiger partial charge in [0.25, 0.3) is 11.8 Å². The van der Waals surface area contributed by atoms with Crippen molar-refractivity contribution < 1.29 is 14.3 Å². The van der Waals surface area contributed by atoms with Gasteiger partial charge in [-0.15, -0.1) is 11.3 Å². The SMILES string of the molecule is Cc1c(C(=O)N(C)C)sc(NC(=O)COc2ccc3ccccc3c2)c1C#N. The van der Waals surface area contributed by atoms with Crippen LogP contribution in [0.25, 0.3) is 10.8 Å². The van der Waals surface area contributed by atoms with Crippen LogP contribution >= 0.6 is 11.3 Å². The number of anilines is 1. The first-order valence-corrected chi connectivity index (χ1v) is 9.39. The van der Waals surface area contributed by atoms with Crippen LogP contribution in [0, 0.1) is 18.3 Å². The molecular formula is C21H19N3O3S. The second-order valence-corrected chi connectivity index (χ2v) is 7.44. The van der Waals surface area contributed by atoms with Crippen LogP contribution in [0.3, 0.4) is 0 Å². The largest absolute Gasteiger partial charge is 0.484 e. The quantitative estimate of drug-likeness (QED) is 0.715. The van der Waals surface area contributed by atoms with E-state index in [1.165, 1.54) is 4.90 Å². The molecule has 2 amide bonds. The molecule has 0 unspecified atom stereocenters.